The Balaban J connectivity index is 1.99. The predicted molar refractivity (Wildman–Crippen MR) is 99.0 cm³/mol. The highest BCUT2D eigenvalue weighted by molar-refractivity contribution is 6.31. The highest BCUT2D eigenvalue weighted by atomic mass is 35.5. The molecule has 0 unspecified atom stereocenters. The average Bonchev–Trinajstić information content (AvgIpc) is 2.87. The SMILES string of the molecule is CC(C)(C)NCc1cn(Cc2c(F)cccc2Cl)c2ccccc12. The summed E-state index contributed by atoms with van der Waals surface area (Å²) in [6.45, 7) is 7.62. The van der Waals surface area contributed by atoms with E-state index in [4.69, 9.17) is 11.6 Å². The molecule has 0 bridgehead atoms. The van der Waals surface area contributed by atoms with Crippen LogP contribution < -0.4 is 5.32 Å². The van der Waals surface area contributed by atoms with Gasteiger partial charge in [-0.1, -0.05) is 35.9 Å². The first kappa shape index (κ1) is 17.0. The first-order valence-corrected chi connectivity index (χ1v) is 8.47. The second-order valence-corrected chi connectivity index (χ2v) is 7.51. The van der Waals surface area contributed by atoms with Crippen LogP contribution in [0.5, 0.6) is 0 Å². The van der Waals surface area contributed by atoms with Crippen molar-refractivity contribution in [3.8, 4) is 0 Å². The first-order chi connectivity index (χ1) is 11.3. The van der Waals surface area contributed by atoms with Crippen molar-refractivity contribution in [3.05, 3.63) is 70.6 Å². The monoisotopic (exact) mass is 344 g/mol. The van der Waals surface area contributed by atoms with Crippen molar-refractivity contribution in [2.75, 3.05) is 0 Å². The molecule has 1 aromatic heterocycles. The molecule has 3 rings (SSSR count). The van der Waals surface area contributed by atoms with E-state index in [2.05, 4.69) is 49.0 Å². The van der Waals surface area contributed by atoms with Crippen molar-refractivity contribution >= 4 is 22.5 Å². The number of nitrogens with zero attached hydrogens (tertiary/aromatic N) is 1. The zero-order valence-electron chi connectivity index (χ0n) is 14.2. The van der Waals surface area contributed by atoms with Crippen LogP contribution >= 0.6 is 11.6 Å². The van der Waals surface area contributed by atoms with Gasteiger partial charge in [-0.05, 0) is 44.5 Å². The van der Waals surface area contributed by atoms with Crippen LogP contribution in [0.25, 0.3) is 10.9 Å². The van der Waals surface area contributed by atoms with Gasteiger partial charge in [-0.3, -0.25) is 0 Å². The Morgan fingerprint density at radius 3 is 2.54 bits per heavy atom. The van der Waals surface area contributed by atoms with Gasteiger partial charge in [0.1, 0.15) is 5.82 Å². The number of aromatic nitrogens is 1. The number of nitrogens with one attached hydrogen (secondary N) is 1. The summed E-state index contributed by atoms with van der Waals surface area (Å²) in [5.41, 5.74) is 2.85. The van der Waals surface area contributed by atoms with Crippen LogP contribution in [0.15, 0.2) is 48.7 Å². The lowest BCUT2D eigenvalue weighted by molar-refractivity contribution is 0.425. The van der Waals surface area contributed by atoms with Gasteiger partial charge in [0, 0.05) is 39.8 Å². The standard InChI is InChI=1S/C20H22ClFN2/c1-20(2,3)23-11-14-12-24(19-10-5-4-7-15(14)19)13-16-17(21)8-6-9-18(16)22/h4-10,12,23H,11,13H2,1-3H3. The van der Waals surface area contributed by atoms with Crippen LogP contribution in [-0.2, 0) is 13.1 Å². The predicted octanol–water partition coefficient (Wildman–Crippen LogP) is 5.37. The molecule has 0 amide bonds. The van der Waals surface area contributed by atoms with Gasteiger partial charge in [0.2, 0.25) is 0 Å². The van der Waals surface area contributed by atoms with Gasteiger partial charge in [0.25, 0.3) is 0 Å². The third kappa shape index (κ3) is 3.63. The van der Waals surface area contributed by atoms with Crippen molar-refractivity contribution in [1.82, 2.24) is 9.88 Å². The number of hydrogen-bond donors (Lipinski definition) is 1. The topological polar surface area (TPSA) is 17.0 Å². The maximum atomic E-state index is 14.1. The lowest BCUT2D eigenvalue weighted by atomic mass is 10.1. The van der Waals surface area contributed by atoms with Crippen LogP contribution in [-0.4, -0.2) is 10.1 Å². The van der Waals surface area contributed by atoms with Crippen LogP contribution in [0.2, 0.25) is 5.02 Å². The van der Waals surface area contributed by atoms with Gasteiger partial charge in [0.15, 0.2) is 0 Å². The summed E-state index contributed by atoms with van der Waals surface area (Å²) in [7, 11) is 0. The molecule has 0 saturated carbocycles. The van der Waals surface area contributed by atoms with Crippen molar-refractivity contribution < 1.29 is 4.39 Å². The van der Waals surface area contributed by atoms with Crippen molar-refractivity contribution in [2.45, 2.75) is 39.4 Å². The molecule has 0 atom stereocenters. The van der Waals surface area contributed by atoms with E-state index in [1.165, 1.54) is 17.0 Å². The molecule has 0 fully saturated rings. The van der Waals surface area contributed by atoms with Crippen molar-refractivity contribution in [2.24, 2.45) is 0 Å². The van der Waals surface area contributed by atoms with Gasteiger partial charge in [-0.25, -0.2) is 4.39 Å². The van der Waals surface area contributed by atoms with E-state index in [0.717, 1.165) is 12.1 Å². The Morgan fingerprint density at radius 2 is 1.83 bits per heavy atom. The van der Waals surface area contributed by atoms with Gasteiger partial charge in [-0.15, -0.1) is 0 Å². The molecule has 4 heteroatoms. The Labute approximate surface area is 147 Å². The minimum absolute atomic E-state index is 0.0397. The molecule has 1 heterocycles. The molecule has 0 aliphatic rings. The van der Waals surface area contributed by atoms with E-state index < -0.39 is 0 Å². The van der Waals surface area contributed by atoms with E-state index in [9.17, 15) is 4.39 Å². The summed E-state index contributed by atoms with van der Waals surface area (Å²) in [5.74, 6) is -0.269. The second kappa shape index (κ2) is 6.58. The molecular weight excluding hydrogens is 323 g/mol. The Morgan fingerprint density at radius 1 is 1.08 bits per heavy atom. The van der Waals surface area contributed by atoms with Crippen molar-refractivity contribution in [1.29, 1.82) is 0 Å². The molecule has 2 aromatic carbocycles. The maximum absolute atomic E-state index is 14.1. The molecule has 1 N–H and O–H groups in total. The second-order valence-electron chi connectivity index (χ2n) is 7.10. The van der Waals surface area contributed by atoms with E-state index in [1.54, 1.807) is 12.1 Å². The Kier molecular flexibility index (Phi) is 4.66. The fourth-order valence-electron chi connectivity index (χ4n) is 2.81. The van der Waals surface area contributed by atoms with Crippen LogP contribution in [0.4, 0.5) is 4.39 Å². The Hall–Kier alpha value is -1.84. The number of para-hydroxylation sites is 1. The highest BCUT2D eigenvalue weighted by Gasteiger charge is 2.14. The molecule has 3 aromatic rings. The minimum atomic E-state index is -0.269. The van der Waals surface area contributed by atoms with Crippen LogP contribution in [0.1, 0.15) is 31.9 Å². The smallest absolute Gasteiger partial charge is 0.129 e. The molecule has 0 aliphatic carbocycles. The maximum Gasteiger partial charge on any atom is 0.129 e. The third-order valence-corrected chi connectivity index (χ3v) is 4.42. The van der Waals surface area contributed by atoms with E-state index in [-0.39, 0.29) is 11.4 Å². The molecule has 0 radical (unpaired) electrons. The molecule has 0 saturated heterocycles. The number of fused-ring (bicyclic) bond motifs is 1. The Bertz CT molecular complexity index is 841. The molecule has 0 aliphatic heterocycles. The van der Waals surface area contributed by atoms with E-state index in [0.29, 0.717) is 17.1 Å². The molecule has 24 heavy (non-hydrogen) atoms. The quantitative estimate of drug-likeness (QED) is 0.673. The lowest BCUT2D eigenvalue weighted by Crippen LogP contribution is -2.34. The third-order valence-electron chi connectivity index (χ3n) is 4.07. The largest absolute Gasteiger partial charge is 0.343 e. The van der Waals surface area contributed by atoms with Crippen LogP contribution in [0.3, 0.4) is 0 Å². The summed E-state index contributed by atoms with van der Waals surface area (Å²) < 4.78 is 16.2. The van der Waals surface area contributed by atoms with Gasteiger partial charge in [-0.2, -0.15) is 0 Å². The van der Waals surface area contributed by atoms with E-state index in [1.807, 2.05) is 12.1 Å². The minimum Gasteiger partial charge on any atom is -0.343 e. The lowest BCUT2D eigenvalue weighted by Gasteiger charge is -2.20. The van der Waals surface area contributed by atoms with Gasteiger partial charge >= 0.3 is 0 Å². The molecule has 0 spiro atoms. The zero-order chi connectivity index (χ0) is 17.3. The van der Waals surface area contributed by atoms with Crippen molar-refractivity contribution in [3.63, 3.8) is 0 Å². The molecule has 2 nitrogen and oxygen atoms in total. The number of rotatable bonds is 4. The summed E-state index contributed by atoms with van der Waals surface area (Å²) >= 11 is 6.19. The first-order valence-electron chi connectivity index (χ1n) is 8.10. The zero-order valence-corrected chi connectivity index (χ0v) is 15.0. The fourth-order valence-corrected chi connectivity index (χ4v) is 3.03. The summed E-state index contributed by atoms with van der Waals surface area (Å²) in [6, 6.07) is 13.0. The molecule has 126 valence electrons. The summed E-state index contributed by atoms with van der Waals surface area (Å²) in [5, 5.41) is 5.16. The summed E-state index contributed by atoms with van der Waals surface area (Å²) in [4.78, 5) is 0. The number of halogens is 2. The van der Waals surface area contributed by atoms with Gasteiger partial charge < -0.3 is 9.88 Å². The van der Waals surface area contributed by atoms with E-state index >= 15 is 0 Å². The highest BCUT2D eigenvalue weighted by Crippen LogP contribution is 2.26. The normalized spacial score (nSPS) is 12.0. The molecular formula is C20H22ClFN2. The van der Waals surface area contributed by atoms with Gasteiger partial charge in [0.05, 0.1) is 6.54 Å². The number of benzene rings is 2. The fraction of sp³-hybridized carbons (Fsp3) is 0.300. The average molecular weight is 345 g/mol. The van der Waals surface area contributed by atoms with Crippen LogP contribution in [0, 0.1) is 5.82 Å². The number of hydrogen-bond acceptors (Lipinski definition) is 1. The summed E-state index contributed by atoms with van der Waals surface area (Å²) in [6.07, 6.45) is 2.09.